The number of ether oxygens (including phenoxy) is 1. The molecule has 0 aliphatic carbocycles. The van der Waals surface area contributed by atoms with Crippen molar-refractivity contribution in [3.63, 3.8) is 0 Å². The molecule has 1 aromatic carbocycles. The lowest BCUT2D eigenvalue weighted by Gasteiger charge is -2.20. The maximum absolute atomic E-state index is 11.2. The van der Waals surface area contributed by atoms with E-state index < -0.39 is 16.0 Å². The molecule has 1 atom stereocenters. The van der Waals surface area contributed by atoms with Gasteiger partial charge in [-0.1, -0.05) is 20.8 Å². The Labute approximate surface area is 107 Å². The van der Waals surface area contributed by atoms with Crippen molar-refractivity contribution in [3.05, 3.63) is 27.8 Å². The highest BCUT2D eigenvalue weighted by Crippen LogP contribution is 2.37. The van der Waals surface area contributed by atoms with Gasteiger partial charge in [0.05, 0.1) is 12.0 Å². The number of nitro benzene ring substituents is 1. The standard InChI is InChI=1S/C11H15NO5S/c1-11(2,3)7-5-8(12(13)14)10(17-4)9(6-7)18(15)16/h5-6H,1-4H3,(H,15,16). The summed E-state index contributed by atoms with van der Waals surface area (Å²) in [6.07, 6.45) is 0. The Bertz CT molecular complexity index is 472. The average Bonchev–Trinajstić information content (AvgIpc) is 2.25. The lowest BCUT2D eigenvalue weighted by Crippen LogP contribution is -2.13. The molecule has 0 fully saturated rings. The first-order chi connectivity index (χ1) is 8.18. The molecule has 7 heteroatoms. The predicted molar refractivity (Wildman–Crippen MR) is 67.4 cm³/mol. The number of hydrogen-bond acceptors (Lipinski definition) is 4. The summed E-state index contributed by atoms with van der Waals surface area (Å²) >= 11 is -2.34. The van der Waals surface area contributed by atoms with Gasteiger partial charge in [0.15, 0.2) is 11.1 Å². The lowest BCUT2D eigenvalue weighted by molar-refractivity contribution is -0.386. The molecule has 100 valence electrons. The van der Waals surface area contributed by atoms with Crippen LogP contribution in [0.15, 0.2) is 17.0 Å². The van der Waals surface area contributed by atoms with E-state index in [0.717, 1.165) is 0 Å². The van der Waals surface area contributed by atoms with Crippen molar-refractivity contribution in [1.29, 1.82) is 0 Å². The first kappa shape index (κ1) is 14.6. The number of nitro groups is 1. The Morgan fingerprint density at radius 1 is 1.39 bits per heavy atom. The van der Waals surface area contributed by atoms with E-state index in [0.29, 0.717) is 5.56 Å². The average molecular weight is 273 g/mol. The van der Waals surface area contributed by atoms with Gasteiger partial charge >= 0.3 is 5.69 Å². The second-order valence-electron chi connectivity index (χ2n) is 4.78. The Morgan fingerprint density at radius 3 is 2.28 bits per heavy atom. The predicted octanol–water partition coefficient (Wildman–Crippen LogP) is 2.48. The summed E-state index contributed by atoms with van der Waals surface area (Å²) in [6, 6.07) is 2.83. The molecule has 0 saturated heterocycles. The molecule has 0 spiro atoms. The van der Waals surface area contributed by atoms with Crippen molar-refractivity contribution >= 4 is 16.8 Å². The first-order valence-electron chi connectivity index (χ1n) is 5.16. The fourth-order valence-electron chi connectivity index (χ4n) is 1.49. The van der Waals surface area contributed by atoms with E-state index in [1.807, 2.05) is 20.8 Å². The quantitative estimate of drug-likeness (QED) is 0.519. The van der Waals surface area contributed by atoms with Crippen LogP contribution < -0.4 is 4.74 Å². The topological polar surface area (TPSA) is 89.7 Å². The maximum Gasteiger partial charge on any atom is 0.312 e. The van der Waals surface area contributed by atoms with E-state index in [4.69, 9.17) is 4.74 Å². The van der Waals surface area contributed by atoms with Crippen molar-refractivity contribution in [2.24, 2.45) is 0 Å². The van der Waals surface area contributed by atoms with Gasteiger partial charge in [0.1, 0.15) is 4.90 Å². The second-order valence-corrected chi connectivity index (χ2v) is 5.72. The van der Waals surface area contributed by atoms with Gasteiger partial charge in [-0.2, -0.15) is 0 Å². The van der Waals surface area contributed by atoms with Crippen LogP contribution >= 0.6 is 0 Å². The summed E-state index contributed by atoms with van der Waals surface area (Å²) in [5.74, 6) is -0.172. The minimum Gasteiger partial charge on any atom is -0.489 e. The van der Waals surface area contributed by atoms with Gasteiger partial charge < -0.3 is 9.29 Å². The summed E-state index contributed by atoms with van der Waals surface area (Å²) in [5.41, 5.74) is -0.0692. The van der Waals surface area contributed by atoms with Crippen LogP contribution in [-0.2, 0) is 16.5 Å². The van der Waals surface area contributed by atoms with E-state index in [-0.39, 0.29) is 21.7 Å². The third-order valence-electron chi connectivity index (χ3n) is 2.49. The van der Waals surface area contributed by atoms with E-state index in [2.05, 4.69) is 0 Å². The van der Waals surface area contributed by atoms with Gasteiger partial charge in [-0.05, 0) is 17.0 Å². The van der Waals surface area contributed by atoms with E-state index in [1.165, 1.54) is 19.2 Å². The summed E-state index contributed by atoms with van der Waals surface area (Å²) < 4.78 is 25.3. The Hall–Kier alpha value is -1.47. The summed E-state index contributed by atoms with van der Waals surface area (Å²) in [6.45, 7) is 5.59. The molecule has 1 unspecified atom stereocenters. The Morgan fingerprint density at radius 2 is 1.94 bits per heavy atom. The Balaban J connectivity index is 3.65. The fourth-order valence-corrected chi connectivity index (χ4v) is 2.07. The van der Waals surface area contributed by atoms with Crippen molar-refractivity contribution in [2.45, 2.75) is 31.1 Å². The van der Waals surface area contributed by atoms with Crippen LogP contribution in [0.4, 0.5) is 5.69 Å². The molecule has 0 aliphatic heterocycles. The van der Waals surface area contributed by atoms with Crippen LogP contribution in [0.1, 0.15) is 26.3 Å². The highest BCUT2D eigenvalue weighted by molar-refractivity contribution is 7.79. The zero-order chi connectivity index (χ0) is 14.1. The number of rotatable bonds is 3. The smallest absolute Gasteiger partial charge is 0.312 e. The minimum absolute atomic E-state index is 0.0865. The zero-order valence-corrected chi connectivity index (χ0v) is 11.4. The van der Waals surface area contributed by atoms with E-state index >= 15 is 0 Å². The van der Waals surface area contributed by atoms with Gasteiger partial charge in [-0.3, -0.25) is 10.1 Å². The van der Waals surface area contributed by atoms with Crippen LogP contribution in [0.3, 0.4) is 0 Å². The zero-order valence-electron chi connectivity index (χ0n) is 10.6. The van der Waals surface area contributed by atoms with Gasteiger partial charge in [0, 0.05) is 6.07 Å². The molecule has 1 aromatic rings. The van der Waals surface area contributed by atoms with Crippen molar-refractivity contribution in [2.75, 3.05) is 7.11 Å². The third kappa shape index (κ3) is 2.85. The molecule has 18 heavy (non-hydrogen) atoms. The summed E-state index contributed by atoms with van der Waals surface area (Å²) in [7, 11) is 1.23. The highest BCUT2D eigenvalue weighted by atomic mass is 32.2. The molecular formula is C11H15NO5S. The normalized spacial score (nSPS) is 13.2. The van der Waals surface area contributed by atoms with Gasteiger partial charge in [0.2, 0.25) is 5.75 Å². The van der Waals surface area contributed by atoms with Crippen molar-refractivity contribution < 1.29 is 18.4 Å². The van der Waals surface area contributed by atoms with Crippen molar-refractivity contribution in [3.8, 4) is 5.75 Å². The molecule has 0 aliphatic rings. The largest absolute Gasteiger partial charge is 0.489 e. The monoisotopic (exact) mass is 273 g/mol. The molecule has 1 rings (SSSR count). The molecule has 1 N–H and O–H groups in total. The van der Waals surface area contributed by atoms with Gasteiger partial charge in [-0.15, -0.1) is 0 Å². The third-order valence-corrected chi connectivity index (χ3v) is 3.17. The Kier molecular flexibility index (Phi) is 4.08. The van der Waals surface area contributed by atoms with Crippen LogP contribution in [-0.4, -0.2) is 20.8 Å². The van der Waals surface area contributed by atoms with Crippen LogP contribution in [0.25, 0.3) is 0 Å². The summed E-state index contributed by atoms with van der Waals surface area (Å²) in [4.78, 5) is 10.3. The van der Waals surface area contributed by atoms with Crippen LogP contribution in [0.5, 0.6) is 5.75 Å². The van der Waals surface area contributed by atoms with E-state index in [9.17, 15) is 18.9 Å². The van der Waals surface area contributed by atoms with Gasteiger partial charge in [0.25, 0.3) is 0 Å². The van der Waals surface area contributed by atoms with Gasteiger partial charge in [-0.25, -0.2) is 4.21 Å². The molecule has 0 aromatic heterocycles. The molecule has 0 radical (unpaired) electrons. The number of nitrogens with zero attached hydrogens (tertiary/aromatic N) is 1. The highest BCUT2D eigenvalue weighted by Gasteiger charge is 2.27. The minimum atomic E-state index is -2.34. The number of hydrogen-bond donors (Lipinski definition) is 1. The summed E-state index contributed by atoms with van der Waals surface area (Å²) in [5, 5.41) is 11.0. The van der Waals surface area contributed by atoms with Crippen molar-refractivity contribution in [1.82, 2.24) is 0 Å². The molecular weight excluding hydrogens is 258 g/mol. The molecule has 0 bridgehead atoms. The first-order valence-corrected chi connectivity index (χ1v) is 6.27. The number of methoxy groups -OCH3 is 1. The van der Waals surface area contributed by atoms with Crippen LogP contribution in [0.2, 0.25) is 0 Å². The lowest BCUT2D eigenvalue weighted by atomic mass is 9.87. The van der Waals surface area contributed by atoms with Crippen LogP contribution in [0, 0.1) is 10.1 Å². The molecule has 0 saturated carbocycles. The number of benzene rings is 1. The second kappa shape index (κ2) is 5.03. The molecule has 0 heterocycles. The van der Waals surface area contributed by atoms with E-state index in [1.54, 1.807) is 0 Å². The maximum atomic E-state index is 11.2. The SMILES string of the molecule is COc1c([N+](=O)[O-])cc(C(C)(C)C)cc1S(=O)O. The molecule has 6 nitrogen and oxygen atoms in total. The molecule has 0 amide bonds. The fraction of sp³-hybridized carbons (Fsp3) is 0.455.